The van der Waals surface area contributed by atoms with Gasteiger partial charge in [-0.25, -0.2) is 0 Å². The van der Waals surface area contributed by atoms with Crippen LogP contribution < -0.4 is 10.6 Å². The van der Waals surface area contributed by atoms with Crippen LogP contribution in [0.1, 0.15) is 58.3 Å². The highest BCUT2D eigenvalue weighted by molar-refractivity contribution is 5.91. The molecule has 0 aliphatic heterocycles. The van der Waals surface area contributed by atoms with Gasteiger partial charge >= 0.3 is 0 Å². The van der Waals surface area contributed by atoms with Gasteiger partial charge in [0.15, 0.2) is 0 Å². The van der Waals surface area contributed by atoms with E-state index >= 15 is 0 Å². The molecule has 5 nitrogen and oxygen atoms in total. The summed E-state index contributed by atoms with van der Waals surface area (Å²) in [5, 5.41) is 5.88. The largest absolute Gasteiger partial charge is 0.326 e. The number of nitrogens with zero attached hydrogens (tertiary/aromatic N) is 1. The minimum Gasteiger partial charge on any atom is -0.326 e. The normalized spacial score (nSPS) is 10.8. The van der Waals surface area contributed by atoms with E-state index in [1.165, 1.54) is 32.1 Å². The molecule has 0 aliphatic carbocycles. The molecule has 2 N–H and O–H groups in total. The van der Waals surface area contributed by atoms with Crippen molar-refractivity contribution in [2.45, 2.75) is 58.3 Å². The lowest BCUT2D eigenvalue weighted by molar-refractivity contribution is -0.116. The lowest BCUT2D eigenvalue weighted by Crippen LogP contribution is -2.32. The van der Waals surface area contributed by atoms with Gasteiger partial charge in [-0.3, -0.25) is 9.59 Å². The van der Waals surface area contributed by atoms with Crippen LogP contribution in [0.3, 0.4) is 0 Å². The summed E-state index contributed by atoms with van der Waals surface area (Å²) in [5.41, 5.74) is 1.63. The highest BCUT2D eigenvalue weighted by Gasteiger charge is 2.11. The maximum atomic E-state index is 12.3. The standard InChI is InChI=1S/C26H37N3O2/c1-2-3-4-5-6-13-20-29(21-18-25(30)27-23-14-9-7-10-15-23)22-19-26(31)28-24-16-11-8-12-17-24/h7-12,14-17H,2-6,13,18-22H2,1H3,(H,27,30)(H,28,31). The van der Waals surface area contributed by atoms with Crippen molar-refractivity contribution >= 4 is 23.2 Å². The molecule has 2 aromatic rings. The molecule has 0 bridgehead atoms. The number of carbonyl (C=O) groups is 2. The summed E-state index contributed by atoms with van der Waals surface area (Å²) >= 11 is 0. The fourth-order valence-electron chi connectivity index (χ4n) is 3.46. The lowest BCUT2D eigenvalue weighted by atomic mass is 10.1. The highest BCUT2D eigenvalue weighted by atomic mass is 16.2. The Bertz CT molecular complexity index is 692. The predicted octanol–water partition coefficient (Wildman–Crippen LogP) is 5.71. The number of unbranched alkanes of at least 4 members (excludes halogenated alkanes) is 5. The third-order valence-electron chi connectivity index (χ3n) is 5.25. The van der Waals surface area contributed by atoms with Crippen molar-refractivity contribution in [3.05, 3.63) is 60.7 Å². The summed E-state index contributed by atoms with van der Waals surface area (Å²) in [6, 6.07) is 19.0. The first-order chi connectivity index (χ1) is 15.2. The van der Waals surface area contributed by atoms with Gasteiger partial charge in [-0.1, -0.05) is 75.4 Å². The Hall–Kier alpha value is -2.66. The van der Waals surface area contributed by atoms with Gasteiger partial charge in [0.05, 0.1) is 0 Å². The Balaban J connectivity index is 1.77. The molecule has 168 valence electrons. The summed E-state index contributed by atoms with van der Waals surface area (Å²) in [6.07, 6.45) is 8.23. The minimum absolute atomic E-state index is 0.00730. The fourth-order valence-corrected chi connectivity index (χ4v) is 3.46. The Morgan fingerprint density at radius 1 is 0.645 bits per heavy atom. The molecule has 0 unspecified atom stereocenters. The summed E-state index contributed by atoms with van der Waals surface area (Å²) in [4.78, 5) is 26.9. The van der Waals surface area contributed by atoms with Crippen LogP contribution in [0.25, 0.3) is 0 Å². The molecule has 2 amide bonds. The lowest BCUT2D eigenvalue weighted by Gasteiger charge is -2.22. The van der Waals surface area contributed by atoms with E-state index in [2.05, 4.69) is 22.5 Å². The van der Waals surface area contributed by atoms with E-state index in [9.17, 15) is 9.59 Å². The van der Waals surface area contributed by atoms with Crippen molar-refractivity contribution < 1.29 is 9.59 Å². The second kappa shape index (κ2) is 15.2. The topological polar surface area (TPSA) is 61.4 Å². The Morgan fingerprint density at radius 3 is 1.58 bits per heavy atom. The van der Waals surface area contributed by atoms with E-state index in [1.807, 2.05) is 60.7 Å². The van der Waals surface area contributed by atoms with Gasteiger partial charge in [-0.2, -0.15) is 0 Å². The molecule has 5 heteroatoms. The molecule has 2 rings (SSSR count). The first-order valence-corrected chi connectivity index (χ1v) is 11.6. The molecular formula is C26H37N3O2. The van der Waals surface area contributed by atoms with Crippen LogP contribution in [0.2, 0.25) is 0 Å². The Kier molecular flexibility index (Phi) is 12.1. The maximum absolute atomic E-state index is 12.3. The fraction of sp³-hybridized carbons (Fsp3) is 0.462. The van der Waals surface area contributed by atoms with Gasteiger partial charge in [-0.05, 0) is 37.2 Å². The second-order valence-electron chi connectivity index (χ2n) is 7.94. The number of para-hydroxylation sites is 2. The summed E-state index contributed by atoms with van der Waals surface area (Å²) in [6.45, 7) is 4.46. The van der Waals surface area contributed by atoms with Crippen LogP contribution in [0.5, 0.6) is 0 Å². The molecule has 0 saturated carbocycles. The SMILES string of the molecule is CCCCCCCCN(CCC(=O)Nc1ccccc1)CCC(=O)Nc1ccccc1. The average Bonchev–Trinajstić information content (AvgIpc) is 2.78. The third-order valence-corrected chi connectivity index (χ3v) is 5.25. The van der Waals surface area contributed by atoms with Crippen LogP contribution >= 0.6 is 0 Å². The van der Waals surface area contributed by atoms with Gasteiger partial charge in [0.1, 0.15) is 0 Å². The van der Waals surface area contributed by atoms with Crippen LogP contribution in [-0.4, -0.2) is 36.3 Å². The number of amides is 2. The zero-order valence-corrected chi connectivity index (χ0v) is 18.8. The Morgan fingerprint density at radius 2 is 1.10 bits per heavy atom. The number of hydrogen-bond acceptors (Lipinski definition) is 3. The molecule has 0 spiro atoms. The number of benzene rings is 2. The van der Waals surface area contributed by atoms with Crippen LogP contribution in [0.4, 0.5) is 11.4 Å². The quantitative estimate of drug-likeness (QED) is 0.361. The van der Waals surface area contributed by atoms with Crippen LogP contribution in [0, 0.1) is 0 Å². The highest BCUT2D eigenvalue weighted by Crippen LogP contribution is 2.10. The van der Waals surface area contributed by atoms with Crippen molar-refractivity contribution in [3.8, 4) is 0 Å². The molecule has 0 aromatic heterocycles. The summed E-state index contributed by atoms with van der Waals surface area (Å²) in [7, 11) is 0. The first kappa shape index (κ1) is 24.6. The van der Waals surface area contributed by atoms with E-state index in [1.54, 1.807) is 0 Å². The van der Waals surface area contributed by atoms with E-state index in [0.29, 0.717) is 25.9 Å². The van der Waals surface area contributed by atoms with Gasteiger partial charge in [0, 0.05) is 37.3 Å². The number of carbonyl (C=O) groups excluding carboxylic acids is 2. The molecule has 0 heterocycles. The molecule has 0 atom stereocenters. The Labute approximate surface area is 187 Å². The number of hydrogen-bond donors (Lipinski definition) is 2. The zero-order chi connectivity index (χ0) is 22.2. The van der Waals surface area contributed by atoms with Crippen molar-refractivity contribution in [1.29, 1.82) is 0 Å². The zero-order valence-electron chi connectivity index (χ0n) is 18.8. The van der Waals surface area contributed by atoms with Crippen molar-refractivity contribution in [1.82, 2.24) is 4.90 Å². The summed E-state index contributed by atoms with van der Waals surface area (Å²) in [5.74, 6) is 0.0146. The molecular weight excluding hydrogens is 386 g/mol. The summed E-state index contributed by atoms with van der Waals surface area (Å²) < 4.78 is 0. The smallest absolute Gasteiger partial charge is 0.225 e. The average molecular weight is 424 g/mol. The molecule has 2 aromatic carbocycles. The van der Waals surface area contributed by atoms with Crippen molar-refractivity contribution in [3.63, 3.8) is 0 Å². The molecule has 0 fully saturated rings. The van der Waals surface area contributed by atoms with Gasteiger partial charge in [0.25, 0.3) is 0 Å². The maximum Gasteiger partial charge on any atom is 0.225 e. The third kappa shape index (κ3) is 11.3. The molecule has 0 aliphatic rings. The second-order valence-corrected chi connectivity index (χ2v) is 7.94. The number of nitrogens with one attached hydrogen (secondary N) is 2. The van der Waals surface area contributed by atoms with Crippen molar-refractivity contribution in [2.75, 3.05) is 30.3 Å². The van der Waals surface area contributed by atoms with Crippen LogP contribution in [-0.2, 0) is 9.59 Å². The number of rotatable bonds is 15. The van der Waals surface area contributed by atoms with Crippen molar-refractivity contribution in [2.24, 2.45) is 0 Å². The minimum atomic E-state index is 0.00730. The van der Waals surface area contributed by atoms with Gasteiger partial charge in [-0.15, -0.1) is 0 Å². The molecule has 31 heavy (non-hydrogen) atoms. The molecule has 0 radical (unpaired) electrons. The first-order valence-electron chi connectivity index (χ1n) is 11.6. The van der Waals surface area contributed by atoms with E-state index in [4.69, 9.17) is 0 Å². The van der Waals surface area contributed by atoms with E-state index in [-0.39, 0.29) is 11.8 Å². The van der Waals surface area contributed by atoms with Crippen LogP contribution in [0.15, 0.2) is 60.7 Å². The van der Waals surface area contributed by atoms with Gasteiger partial charge < -0.3 is 15.5 Å². The number of anilines is 2. The molecule has 0 saturated heterocycles. The van der Waals surface area contributed by atoms with Gasteiger partial charge in [0.2, 0.25) is 11.8 Å². The predicted molar refractivity (Wildman–Crippen MR) is 129 cm³/mol. The van der Waals surface area contributed by atoms with E-state index in [0.717, 1.165) is 24.3 Å². The monoisotopic (exact) mass is 423 g/mol. The van der Waals surface area contributed by atoms with E-state index < -0.39 is 0 Å².